The monoisotopic (exact) mass is 587 g/mol. The summed E-state index contributed by atoms with van der Waals surface area (Å²) in [4.78, 5) is 24.5. The van der Waals surface area contributed by atoms with Crippen molar-refractivity contribution in [3.63, 3.8) is 0 Å². The van der Waals surface area contributed by atoms with Crippen LogP contribution < -0.4 is 0 Å². The van der Waals surface area contributed by atoms with Gasteiger partial charge in [0.05, 0.1) is 16.7 Å². The van der Waals surface area contributed by atoms with Gasteiger partial charge < -0.3 is 0 Å². The van der Waals surface area contributed by atoms with Crippen molar-refractivity contribution in [2.75, 3.05) is 0 Å². The van der Waals surface area contributed by atoms with Gasteiger partial charge in [0.1, 0.15) is 0 Å². The molecule has 0 saturated heterocycles. The first-order chi connectivity index (χ1) is 22.8. The first kappa shape index (κ1) is 26.1. The van der Waals surface area contributed by atoms with Gasteiger partial charge in [-0.1, -0.05) is 127 Å². The summed E-state index contributed by atoms with van der Waals surface area (Å²) in [6.45, 7) is 0. The van der Waals surface area contributed by atoms with E-state index in [4.69, 9.17) is 19.9 Å². The Labute approximate surface area is 264 Å². The van der Waals surface area contributed by atoms with Crippen molar-refractivity contribution >= 4 is 43.4 Å². The Hall–Kier alpha value is -6.33. The number of nitrogens with zero attached hydrogens (tertiary/aromatic N) is 5. The highest BCUT2D eigenvalue weighted by molar-refractivity contribution is 6.28. The summed E-state index contributed by atoms with van der Waals surface area (Å²) in [6, 6.07) is 49.7. The smallest absolute Gasteiger partial charge is 0.164 e. The van der Waals surface area contributed by atoms with E-state index in [1.807, 2.05) is 79.0 Å². The molecule has 0 bridgehead atoms. The van der Waals surface area contributed by atoms with E-state index in [1.165, 1.54) is 16.2 Å². The van der Waals surface area contributed by atoms with Crippen LogP contribution in [0.2, 0.25) is 0 Å². The van der Waals surface area contributed by atoms with Gasteiger partial charge in [-0.3, -0.25) is 4.98 Å². The van der Waals surface area contributed by atoms with Crippen LogP contribution in [0, 0.1) is 0 Å². The molecule has 214 valence electrons. The lowest BCUT2D eigenvalue weighted by molar-refractivity contribution is 1.07. The maximum absolute atomic E-state index is 5.21. The van der Waals surface area contributed by atoms with Gasteiger partial charge in [-0.2, -0.15) is 0 Å². The molecule has 5 heteroatoms. The molecule has 0 radical (unpaired) electrons. The minimum Gasteiger partial charge on any atom is -0.256 e. The van der Waals surface area contributed by atoms with Crippen molar-refractivity contribution in [3.05, 3.63) is 152 Å². The summed E-state index contributed by atoms with van der Waals surface area (Å²) < 4.78 is 0. The van der Waals surface area contributed by atoms with E-state index in [9.17, 15) is 0 Å². The molecular weight excluding hydrogens is 562 g/mol. The van der Waals surface area contributed by atoms with Gasteiger partial charge in [0.15, 0.2) is 17.5 Å². The topological polar surface area (TPSA) is 64.5 Å². The zero-order valence-corrected chi connectivity index (χ0v) is 24.7. The third kappa shape index (κ3) is 4.37. The molecule has 3 heterocycles. The second-order valence-corrected chi connectivity index (χ2v) is 11.3. The maximum Gasteiger partial charge on any atom is 0.164 e. The highest BCUT2D eigenvalue weighted by Gasteiger charge is 2.16. The molecule has 0 spiro atoms. The summed E-state index contributed by atoms with van der Waals surface area (Å²) >= 11 is 0. The molecule has 0 atom stereocenters. The molecule has 0 N–H and O–H groups in total. The fraction of sp³-hybridized carbons (Fsp3) is 0. The number of aromatic nitrogens is 5. The Bertz CT molecular complexity index is 2510. The minimum absolute atomic E-state index is 0.626. The van der Waals surface area contributed by atoms with Crippen LogP contribution in [0.15, 0.2) is 152 Å². The lowest BCUT2D eigenvalue weighted by Gasteiger charge is -2.14. The molecule has 0 fully saturated rings. The van der Waals surface area contributed by atoms with E-state index in [0.29, 0.717) is 17.5 Å². The number of hydrogen-bond donors (Lipinski definition) is 0. The van der Waals surface area contributed by atoms with Gasteiger partial charge in [-0.15, -0.1) is 0 Å². The van der Waals surface area contributed by atoms with E-state index in [0.717, 1.165) is 55.1 Å². The third-order valence-electron chi connectivity index (χ3n) is 8.54. The molecule has 0 aliphatic rings. The fourth-order valence-electron chi connectivity index (χ4n) is 6.35. The summed E-state index contributed by atoms with van der Waals surface area (Å²) in [6.07, 6.45) is 1.85. The fourth-order valence-corrected chi connectivity index (χ4v) is 6.35. The molecular formula is C41H25N5. The second-order valence-electron chi connectivity index (χ2n) is 11.3. The molecule has 9 rings (SSSR count). The highest BCUT2D eigenvalue weighted by Crippen LogP contribution is 2.40. The lowest BCUT2D eigenvalue weighted by Crippen LogP contribution is -2.00. The Kier molecular flexibility index (Phi) is 6.06. The largest absolute Gasteiger partial charge is 0.256 e. The van der Waals surface area contributed by atoms with E-state index in [1.54, 1.807) is 0 Å². The molecule has 3 aromatic heterocycles. The standard InChI is InChI=1S/C41H25N5/c1-3-10-28(11-4-1)39-44-40(29-12-5-2-6-13-29)46-41(45-39)30-19-17-27(18-20-30)38-33-23-21-26-22-24-34-31(15-9-25-42-34)36(26)37(33)32-14-7-8-16-35(32)43-38/h1-25H. The lowest BCUT2D eigenvalue weighted by atomic mass is 9.93. The third-order valence-corrected chi connectivity index (χ3v) is 8.54. The number of pyridine rings is 2. The second kappa shape index (κ2) is 10.7. The Morgan fingerprint density at radius 3 is 1.57 bits per heavy atom. The molecule has 0 aliphatic heterocycles. The predicted octanol–water partition coefficient (Wildman–Crippen LogP) is 9.94. The molecule has 46 heavy (non-hydrogen) atoms. The number of para-hydroxylation sites is 1. The van der Waals surface area contributed by atoms with Crippen LogP contribution >= 0.6 is 0 Å². The maximum atomic E-state index is 5.21. The summed E-state index contributed by atoms with van der Waals surface area (Å²) in [5, 5.41) is 6.95. The molecule has 5 nitrogen and oxygen atoms in total. The van der Waals surface area contributed by atoms with Crippen molar-refractivity contribution in [1.82, 2.24) is 24.9 Å². The van der Waals surface area contributed by atoms with Crippen LogP contribution in [0.4, 0.5) is 0 Å². The molecule has 0 amide bonds. The van der Waals surface area contributed by atoms with Crippen molar-refractivity contribution in [2.24, 2.45) is 0 Å². The normalized spacial score (nSPS) is 11.5. The van der Waals surface area contributed by atoms with Crippen LogP contribution in [0.25, 0.3) is 88.8 Å². The van der Waals surface area contributed by atoms with Gasteiger partial charge in [-0.25, -0.2) is 19.9 Å². The number of benzene rings is 6. The summed E-state index contributed by atoms with van der Waals surface area (Å²) in [5.41, 5.74) is 6.71. The zero-order chi connectivity index (χ0) is 30.5. The first-order valence-electron chi connectivity index (χ1n) is 15.3. The van der Waals surface area contributed by atoms with Crippen LogP contribution in [0.1, 0.15) is 0 Å². The van der Waals surface area contributed by atoms with Gasteiger partial charge in [0, 0.05) is 50.0 Å². The number of rotatable bonds is 4. The van der Waals surface area contributed by atoms with Crippen molar-refractivity contribution in [2.45, 2.75) is 0 Å². The van der Waals surface area contributed by atoms with Crippen molar-refractivity contribution < 1.29 is 0 Å². The van der Waals surface area contributed by atoms with Gasteiger partial charge in [0.2, 0.25) is 0 Å². The predicted molar refractivity (Wildman–Crippen MR) is 187 cm³/mol. The van der Waals surface area contributed by atoms with Crippen molar-refractivity contribution in [3.8, 4) is 45.4 Å². The van der Waals surface area contributed by atoms with Gasteiger partial charge in [-0.05, 0) is 29.0 Å². The minimum atomic E-state index is 0.626. The Morgan fingerprint density at radius 2 is 0.870 bits per heavy atom. The molecule has 0 unspecified atom stereocenters. The van der Waals surface area contributed by atoms with E-state index < -0.39 is 0 Å². The van der Waals surface area contributed by atoms with Crippen molar-refractivity contribution in [1.29, 1.82) is 0 Å². The van der Waals surface area contributed by atoms with Crippen LogP contribution in [-0.4, -0.2) is 24.9 Å². The Balaban J connectivity index is 1.23. The average molecular weight is 588 g/mol. The summed E-state index contributed by atoms with van der Waals surface area (Å²) in [5.74, 6) is 1.91. The van der Waals surface area contributed by atoms with Crippen LogP contribution in [-0.2, 0) is 0 Å². The molecule has 6 aromatic carbocycles. The molecule has 9 aromatic rings. The Morgan fingerprint density at radius 1 is 0.326 bits per heavy atom. The SMILES string of the molecule is c1ccc(-c2nc(-c3ccccc3)nc(-c3ccc(-c4nc5ccccc5c5c4ccc4ccc6ncccc6c45)cc3)n2)cc1. The number of fused-ring (bicyclic) bond motifs is 7. The molecule has 0 aliphatic carbocycles. The van der Waals surface area contributed by atoms with Crippen LogP contribution in [0.3, 0.4) is 0 Å². The molecule has 0 saturated carbocycles. The summed E-state index contributed by atoms with van der Waals surface area (Å²) in [7, 11) is 0. The van der Waals surface area contributed by atoms with E-state index >= 15 is 0 Å². The zero-order valence-electron chi connectivity index (χ0n) is 24.7. The van der Waals surface area contributed by atoms with Gasteiger partial charge >= 0.3 is 0 Å². The average Bonchev–Trinajstić information content (AvgIpc) is 3.14. The van der Waals surface area contributed by atoms with Crippen LogP contribution in [0.5, 0.6) is 0 Å². The van der Waals surface area contributed by atoms with Gasteiger partial charge in [0.25, 0.3) is 0 Å². The van der Waals surface area contributed by atoms with E-state index in [-0.39, 0.29) is 0 Å². The highest BCUT2D eigenvalue weighted by atomic mass is 15.0. The first-order valence-corrected chi connectivity index (χ1v) is 15.3. The quantitative estimate of drug-likeness (QED) is 0.192. The number of hydrogen-bond acceptors (Lipinski definition) is 5. The van der Waals surface area contributed by atoms with E-state index in [2.05, 4.69) is 77.8 Å².